The van der Waals surface area contributed by atoms with E-state index in [2.05, 4.69) is 22.1 Å². The monoisotopic (exact) mass is 621 g/mol. The summed E-state index contributed by atoms with van der Waals surface area (Å²) in [6.07, 6.45) is 2.52. The molecule has 0 fully saturated rings. The van der Waals surface area contributed by atoms with E-state index < -0.39 is 12.2 Å². The van der Waals surface area contributed by atoms with Crippen molar-refractivity contribution in [1.29, 1.82) is 0 Å². The van der Waals surface area contributed by atoms with Crippen LogP contribution in [0.15, 0.2) is 97.3 Å². The fourth-order valence-electron chi connectivity index (χ4n) is 2.62. The molecule has 4 aromatic rings. The number of aromatic nitrogens is 2. The van der Waals surface area contributed by atoms with Gasteiger partial charge in [0.25, 0.3) is 0 Å². The second-order valence-corrected chi connectivity index (χ2v) is 6.90. The van der Waals surface area contributed by atoms with Crippen molar-refractivity contribution >= 4 is 0 Å². The zero-order valence-corrected chi connectivity index (χ0v) is 20.8. The standard InChI is InChI=1S/2C11H8N.C5H12O3.Ir/c2*1-2-6-10(7-3-1)11-8-4-5-9-12-11;1-4(7)2-5(8)3-6;/h2*1-6,8-9H;4-8H,2-3H2,1H3;/q2*-1;;. The van der Waals surface area contributed by atoms with Gasteiger partial charge in [0.15, 0.2) is 0 Å². The van der Waals surface area contributed by atoms with E-state index in [0.29, 0.717) is 0 Å². The second kappa shape index (κ2) is 16.8. The fraction of sp³-hybridized carbons (Fsp3) is 0.185. The van der Waals surface area contributed by atoms with Crippen molar-refractivity contribution in [2.75, 3.05) is 6.61 Å². The number of benzene rings is 2. The summed E-state index contributed by atoms with van der Waals surface area (Å²) in [6.45, 7) is 1.30. The number of nitrogens with zero attached hydrogens (tertiary/aromatic N) is 2. The predicted octanol–water partition coefficient (Wildman–Crippen LogP) is 4.21. The number of rotatable bonds is 5. The van der Waals surface area contributed by atoms with E-state index in [-0.39, 0.29) is 33.1 Å². The summed E-state index contributed by atoms with van der Waals surface area (Å²) in [7, 11) is 0. The molecular weight excluding hydrogens is 593 g/mol. The molecule has 4 rings (SSSR count). The molecule has 2 aromatic heterocycles. The van der Waals surface area contributed by atoms with E-state index in [1.54, 1.807) is 19.3 Å². The molecule has 0 aliphatic heterocycles. The number of hydrogen-bond donors (Lipinski definition) is 3. The van der Waals surface area contributed by atoms with Crippen molar-refractivity contribution < 1.29 is 35.4 Å². The van der Waals surface area contributed by atoms with Gasteiger partial charge in [0.2, 0.25) is 0 Å². The first kappa shape index (κ1) is 28.3. The smallest absolute Gasteiger partial charge is 0.0795 e. The van der Waals surface area contributed by atoms with Crippen molar-refractivity contribution in [3.63, 3.8) is 0 Å². The van der Waals surface area contributed by atoms with Crippen molar-refractivity contribution in [1.82, 2.24) is 9.97 Å². The Bertz CT molecular complexity index is 823. The molecule has 0 saturated carbocycles. The van der Waals surface area contributed by atoms with Crippen molar-refractivity contribution in [2.45, 2.75) is 25.6 Å². The van der Waals surface area contributed by atoms with Crippen LogP contribution in [-0.4, -0.2) is 44.1 Å². The molecule has 0 spiro atoms. The van der Waals surface area contributed by atoms with Gasteiger partial charge in [0.05, 0.1) is 18.8 Å². The van der Waals surface area contributed by atoms with Gasteiger partial charge in [-0.05, 0) is 30.4 Å². The van der Waals surface area contributed by atoms with Crippen LogP contribution in [0, 0.1) is 12.1 Å². The molecule has 0 aliphatic carbocycles. The van der Waals surface area contributed by atoms with Gasteiger partial charge in [-0.1, -0.05) is 24.3 Å². The van der Waals surface area contributed by atoms with Crippen LogP contribution in [-0.2, 0) is 20.1 Å². The van der Waals surface area contributed by atoms with E-state index in [1.165, 1.54) is 0 Å². The summed E-state index contributed by atoms with van der Waals surface area (Å²) >= 11 is 0. The Hall–Kier alpha value is -2.73. The quantitative estimate of drug-likeness (QED) is 0.291. The Morgan fingerprint density at radius 3 is 1.45 bits per heavy atom. The van der Waals surface area contributed by atoms with Gasteiger partial charge in [-0.15, -0.1) is 71.8 Å². The number of pyridine rings is 2. The number of aliphatic hydroxyl groups excluding tert-OH is 3. The van der Waals surface area contributed by atoms with Crippen LogP contribution < -0.4 is 0 Å². The molecule has 0 bridgehead atoms. The van der Waals surface area contributed by atoms with Crippen LogP contribution >= 0.6 is 0 Å². The summed E-state index contributed by atoms with van der Waals surface area (Å²) in [5.74, 6) is 0. The van der Waals surface area contributed by atoms with Crippen molar-refractivity contribution in [3.8, 4) is 22.5 Å². The third-order valence-electron chi connectivity index (χ3n) is 4.12. The minimum atomic E-state index is -0.769. The number of hydrogen-bond acceptors (Lipinski definition) is 5. The van der Waals surface area contributed by atoms with Crippen molar-refractivity contribution in [2.24, 2.45) is 0 Å². The van der Waals surface area contributed by atoms with Crippen LogP contribution in [0.3, 0.4) is 0 Å². The van der Waals surface area contributed by atoms with Crippen LogP contribution in [0.25, 0.3) is 22.5 Å². The molecule has 0 saturated heterocycles. The zero-order chi connectivity index (χ0) is 23.0. The summed E-state index contributed by atoms with van der Waals surface area (Å²) < 4.78 is 0. The summed E-state index contributed by atoms with van der Waals surface area (Å²) in [5.41, 5.74) is 4.02. The number of aliphatic hydroxyl groups is 3. The van der Waals surface area contributed by atoms with E-state index in [4.69, 9.17) is 15.3 Å². The van der Waals surface area contributed by atoms with Crippen LogP contribution in [0.2, 0.25) is 0 Å². The van der Waals surface area contributed by atoms with Gasteiger partial charge in [-0.25, -0.2) is 0 Å². The summed E-state index contributed by atoms with van der Waals surface area (Å²) in [6, 6.07) is 33.6. The van der Waals surface area contributed by atoms with E-state index in [9.17, 15) is 0 Å². The van der Waals surface area contributed by atoms with Gasteiger partial charge < -0.3 is 25.3 Å². The van der Waals surface area contributed by atoms with E-state index >= 15 is 0 Å². The molecule has 5 nitrogen and oxygen atoms in total. The molecule has 2 atom stereocenters. The first-order valence-electron chi connectivity index (χ1n) is 10.3. The molecule has 2 unspecified atom stereocenters. The minimum absolute atomic E-state index is 0. The van der Waals surface area contributed by atoms with Gasteiger partial charge in [0, 0.05) is 38.9 Å². The Labute approximate surface area is 209 Å². The van der Waals surface area contributed by atoms with Crippen LogP contribution in [0.4, 0.5) is 0 Å². The largest absolute Gasteiger partial charge is 0.394 e. The molecule has 33 heavy (non-hydrogen) atoms. The van der Waals surface area contributed by atoms with E-state index in [1.807, 2.05) is 84.9 Å². The molecule has 175 valence electrons. The van der Waals surface area contributed by atoms with Gasteiger partial charge in [-0.3, -0.25) is 0 Å². The SMILES string of the molecule is CC(O)CC(O)CO.[Ir].[c-]1ccccc1-c1ccccn1.[c-]1ccccc1-c1ccccn1. The maximum Gasteiger partial charge on any atom is 0.0795 e. The molecule has 3 N–H and O–H groups in total. The third-order valence-corrected chi connectivity index (χ3v) is 4.12. The molecule has 2 heterocycles. The molecule has 0 aliphatic rings. The van der Waals surface area contributed by atoms with Crippen LogP contribution in [0.1, 0.15) is 13.3 Å². The van der Waals surface area contributed by atoms with Gasteiger partial charge >= 0.3 is 0 Å². The summed E-state index contributed by atoms with van der Waals surface area (Å²) in [4.78, 5) is 8.44. The second-order valence-electron chi connectivity index (χ2n) is 6.90. The Morgan fingerprint density at radius 1 is 0.727 bits per heavy atom. The molecule has 0 amide bonds. The zero-order valence-electron chi connectivity index (χ0n) is 18.4. The van der Waals surface area contributed by atoms with Gasteiger partial charge in [-0.2, -0.15) is 0 Å². The summed E-state index contributed by atoms with van der Waals surface area (Å²) in [5, 5.41) is 25.4. The van der Waals surface area contributed by atoms with Crippen molar-refractivity contribution in [3.05, 3.63) is 109 Å². The predicted molar refractivity (Wildman–Crippen MR) is 126 cm³/mol. The van der Waals surface area contributed by atoms with Crippen LogP contribution in [0.5, 0.6) is 0 Å². The maximum atomic E-state index is 8.62. The Morgan fingerprint density at radius 2 is 1.18 bits per heavy atom. The molecule has 6 heteroatoms. The third kappa shape index (κ3) is 11.6. The normalized spacial score (nSPS) is 11.4. The first-order chi connectivity index (χ1) is 15.6. The Balaban J connectivity index is 0.000000250. The topological polar surface area (TPSA) is 86.5 Å². The fourth-order valence-corrected chi connectivity index (χ4v) is 2.62. The molecule has 1 radical (unpaired) electrons. The average Bonchev–Trinajstić information content (AvgIpc) is 2.86. The molecular formula is C27H28IrN2O3-2. The first-order valence-corrected chi connectivity index (χ1v) is 10.3. The molecule has 2 aromatic carbocycles. The van der Waals surface area contributed by atoms with E-state index in [0.717, 1.165) is 22.5 Å². The maximum absolute atomic E-state index is 8.62. The average molecular weight is 621 g/mol. The Kier molecular flexibility index (Phi) is 14.4. The minimum Gasteiger partial charge on any atom is -0.394 e. The van der Waals surface area contributed by atoms with Gasteiger partial charge in [0.1, 0.15) is 0 Å².